The number of rotatable bonds is 4. The molecule has 1 heteroatoms. The molecular formula is C25H34O. The Balaban J connectivity index is 0.00000163. The summed E-state index contributed by atoms with van der Waals surface area (Å²) in [6.45, 7) is 14.5. The second kappa shape index (κ2) is 10.8. The van der Waals surface area contributed by atoms with Gasteiger partial charge in [0.05, 0.1) is 0 Å². The van der Waals surface area contributed by atoms with Crippen molar-refractivity contribution in [3.8, 4) is 0 Å². The molecule has 1 aliphatic carbocycles. The molecule has 0 N–H and O–H groups in total. The van der Waals surface area contributed by atoms with Crippen LogP contribution >= 0.6 is 0 Å². The first-order valence-corrected chi connectivity index (χ1v) is 9.79. The van der Waals surface area contributed by atoms with Gasteiger partial charge >= 0.3 is 0 Å². The van der Waals surface area contributed by atoms with E-state index in [-0.39, 0.29) is 5.78 Å². The van der Waals surface area contributed by atoms with Crippen LogP contribution in [0.1, 0.15) is 69.2 Å². The molecule has 0 unspecified atom stereocenters. The highest BCUT2D eigenvalue weighted by Crippen LogP contribution is 2.22. The Hall–Kier alpha value is -2.15. The van der Waals surface area contributed by atoms with E-state index >= 15 is 0 Å². The third kappa shape index (κ3) is 6.29. The van der Waals surface area contributed by atoms with Crippen molar-refractivity contribution in [1.29, 1.82) is 0 Å². The number of allylic oxidation sites excluding steroid dienone is 7. The van der Waals surface area contributed by atoms with E-state index in [0.717, 1.165) is 24.0 Å². The van der Waals surface area contributed by atoms with Gasteiger partial charge in [0.2, 0.25) is 0 Å². The van der Waals surface area contributed by atoms with Gasteiger partial charge in [0.15, 0.2) is 5.78 Å². The standard InChI is InChI=1S/C23H28O.C2H6/c1-6-23(24)21-14-16(2)8-7-9-20(15-21)10-11-22-18(4)12-17(3)13-19(22)5;1-2/h9-15H,6-8H2,1-5H3;1-2H3/b11-10+,16-14?,20-9-,21-15+;. The second-order valence-electron chi connectivity index (χ2n) is 6.76. The highest BCUT2D eigenvalue weighted by Gasteiger charge is 2.08. The van der Waals surface area contributed by atoms with Gasteiger partial charge in [0.25, 0.3) is 0 Å². The van der Waals surface area contributed by atoms with Gasteiger partial charge in [-0.2, -0.15) is 0 Å². The Morgan fingerprint density at radius 2 is 1.62 bits per heavy atom. The molecule has 0 aliphatic heterocycles. The fraction of sp³-hybridized carbons (Fsp3) is 0.400. The lowest BCUT2D eigenvalue weighted by Gasteiger charge is -2.09. The van der Waals surface area contributed by atoms with Gasteiger partial charge in [-0.3, -0.25) is 4.79 Å². The molecule has 0 aromatic heterocycles. The van der Waals surface area contributed by atoms with Gasteiger partial charge in [-0.15, -0.1) is 0 Å². The van der Waals surface area contributed by atoms with E-state index in [0.29, 0.717) is 6.42 Å². The number of aryl methyl sites for hydroxylation is 3. The Morgan fingerprint density at radius 3 is 2.19 bits per heavy atom. The van der Waals surface area contributed by atoms with Gasteiger partial charge in [-0.05, 0) is 68.9 Å². The first kappa shape index (κ1) is 21.9. The average Bonchev–Trinajstić information content (AvgIpc) is 2.58. The molecule has 0 radical (unpaired) electrons. The second-order valence-corrected chi connectivity index (χ2v) is 6.76. The van der Waals surface area contributed by atoms with Crippen molar-refractivity contribution in [1.82, 2.24) is 0 Å². The number of carbonyl (C=O) groups is 1. The van der Waals surface area contributed by atoms with Crippen molar-refractivity contribution in [2.75, 3.05) is 0 Å². The molecule has 140 valence electrons. The number of carbonyl (C=O) groups excluding carboxylic acids is 1. The lowest BCUT2D eigenvalue weighted by Crippen LogP contribution is -2.00. The predicted molar refractivity (Wildman–Crippen MR) is 115 cm³/mol. The van der Waals surface area contributed by atoms with E-state index in [1.165, 1.54) is 27.8 Å². The van der Waals surface area contributed by atoms with Gasteiger partial charge < -0.3 is 0 Å². The normalized spacial score (nSPS) is 18.5. The summed E-state index contributed by atoms with van der Waals surface area (Å²) in [6.07, 6.45) is 13.2. The van der Waals surface area contributed by atoms with Crippen molar-refractivity contribution >= 4 is 11.9 Å². The molecule has 0 bridgehead atoms. The molecule has 0 atom stereocenters. The first-order chi connectivity index (χ1) is 12.4. The number of Topliss-reactive ketones (excluding diaryl/α,β-unsaturated/α-hetero) is 1. The van der Waals surface area contributed by atoms with Crippen molar-refractivity contribution in [2.45, 2.75) is 67.7 Å². The number of hydrogen-bond donors (Lipinski definition) is 0. The summed E-state index contributed by atoms with van der Waals surface area (Å²) in [5.74, 6) is 0.207. The highest BCUT2D eigenvalue weighted by atomic mass is 16.1. The van der Waals surface area contributed by atoms with Crippen LogP contribution in [0, 0.1) is 20.8 Å². The topological polar surface area (TPSA) is 17.1 Å². The lowest BCUT2D eigenvalue weighted by molar-refractivity contribution is -0.115. The van der Waals surface area contributed by atoms with Crippen LogP contribution in [0.15, 0.2) is 53.2 Å². The molecule has 0 fully saturated rings. The molecule has 0 heterocycles. The van der Waals surface area contributed by atoms with Crippen LogP contribution in [0.3, 0.4) is 0 Å². The van der Waals surface area contributed by atoms with Crippen molar-refractivity contribution in [2.24, 2.45) is 0 Å². The molecule has 0 saturated carbocycles. The summed E-state index contributed by atoms with van der Waals surface area (Å²) in [4.78, 5) is 12.2. The molecular weight excluding hydrogens is 316 g/mol. The van der Waals surface area contributed by atoms with E-state index in [1.807, 2.05) is 26.8 Å². The summed E-state index contributed by atoms with van der Waals surface area (Å²) in [7, 11) is 0. The minimum atomic E-state index is 0.207. The fourth-order valence-electron chi connectivity index (χ4n) is 3.20. The van der Waals surface area contributed by atoms with Crippen molar-refractivity contribution < 1.29 is 4.79 Å². The summed E-state index contributed by atoms with van der Waals surface area (Å²) in [5.41, 5.74) is 8.36. The number of ketones is 1. The third-order valence-corrected chi connectivity index (χ3v) is 4.47. The first-order valence-electron chi connectivity index (χ1n) is 9.79. The minimum absolute atomic E-state index is 0.207. The maximum atomic E-state index is 12.2. The van der Waals surface area contributed by atoms with E-state index in [1.54, 1.807) is 0 Å². The van der Waals surface area contributed by atoms with Crippen LogP contribution in [-0.4, -0.2) is 5.78 Å². The average molecular weight is 351 g/mol. The molecule has 1 aromatic carbocycles. The maximum Gasteiger partial charge on any atom is 0.162 e. The summed E-state index contributed by atoms with van der Waals surface area (Å²) in [6, 6.07) is 4.43. The van der Waals surface area contributed by atoms with Gasteiger partial charge in [0.1, 0.15) is 0 Å². The van der Waals surface area contributed by atoms with Gasteiger partial charge in [-0.1, -0.05) is 68.3 Å². The Bertz CT molecular complexity index is 731. The molecule has 0 amide bonds. The monoisotopic (exact) mass is 350 g/mol. The van der Waals surface area contributed by atoms with Crippen LogP contribution in [0.4, 0.5) is 0 Å². The SMILES string of the molecule is CC.CCC(=O)/C1=C/C(/C=C/c2c(C)cc(C)cc2C)=C\CCC(C)=C1. The quantitative estimate of drug-likeness (QED) is 0.560. The minimum Gasteiger partial charge on any atom is -0.294 e. The highest BCUT2D eigenvalue weighted by molar-refractivity contribution is 5.98. The molecule has 0 spiro atoms. The predicted octanol–water partition coefficient (Wildman–Crippen LogP) is 7.22. The summed E-state index contributed by atoms with van der Waals surface area (Å²) in [5, 5.41) is 0. The van der Waals surface area contributed by atoms with Crippen LogP contribution in [0.25, 0.3) is 6.08 Å². The smallest absolute Gasteiger partial charge is 0.162 e. The molecule has 0 saturated heterocycles. The number of hydrogen-bond acceptors (Lipinski definition) is 1. The Kier molecular flexibility index (Phi) is 9.05. The van der Waals surface area contributed by atoms with Crippen LogP contribution in [0.2, 0.25) is 0 Å². The zero-order valence-electron chi connectivity index (χ0n) is 17.6. The summed E-state index contributed by atoms with van der Waals surface area (Å²) < 4.78 is 0. The van der Waals surface area contributed by atoms with E-state index in [2.05, 4.69) is 64.1 Å². The van der Waals surface area contributed by atoms with E-state index < -0.39 is 0 Å². The molecule has 26 heavy (non-hydrogen) atoms. The third-order valence-electron chi connectivity index (χ3n) is 4.47. The molecule has 1 aromatic rings. The largest absolute Gasteiger partial charge is 0.294 e. The van der Waals surface area contributed by atoms with Crippen molar-refractivity contribution in [3.63, 3.8) is 0 Å². The van der Waals surface area contributed by atoms with Crippen LogP contribution in [0.5, 0.6) is 0 Å². The zero-order chi connectivity index (χ0) is 19.7. The van der Waals surface area contributed by atoms with E-state index in [4.69, 9.17) is 0 Å². The Morgan fingerprint density at radius 1 is 1.00 bits per heavy atom. The fourth-order valence-corrected chi connectivity index (χ4v) is 3.20. The molecule has 1 nitrogen and oxygen atoms in total. The van der Waals surface area contributed by atoms with Gasteiger partial charge in [0, 0.05) is 12.0 Å². The van der Waals surface area contributed by atoms with Crippen LogP contribution in [-0.2, 0) is 4.79 Å². The molecule has 2 rings (SSSR count). The van der Waals surface area contributed by atoms with Crippen molar-refractivity contribution in [3.05, 3.63) is 75.4 Å². The van der Waals surface area contributed by atoms with Crippen LogP contribution < -0.4 is 0 Å². The van der Waals surface area contributed by atoms with E-state index in [9.17, 15) is 4.79 Å². The van der Waals surface area contributed by atoms with Gasteiger partial charge in [-0.25, -0.2) is 0 Å². The zero-order valence-corrected chi connectivity index (χ0v) is 17.6. The Labute approximate surface area is 160 Å². The number of benzene rings is 1. The lowest BCUT2D eigenvalue weighted by atomic mass is 9.95. The summed E-state index contributed by atoms with van der Waals surface area (Å²) >= 11 is 0. The molecule has 1 aliphatic rings. The maximum absolute atomic E-state index is 12.2.